The highest BCUT2D eigenvalue weighted by Gasteiger charge is 2.08. The molecule has 3 aromatic rings. The number of aromatic nitrogens is 1. The Morgan fingerprint density at radius 2 is 1.85 bits per heavy atom. The molecule has 0 aliphatic rings. The van der Waals surface area contributed by atoms with E-state index in [1.165, 1.54) is 6.20 Å². The summed E-state index contributed by atoms with van der Waals surface area (Å²) in [5.74, 6) is 5.98. The number of rotatable bonds is 3. The highest BCUT2D eigenvalue weighted by molar-refractivity contribution is 5.76. The van der Waals surface area contributed by atoms with Gasteiger partial charge in [-0.2, -0.15) is 0 Å². The van der Waals surface area contributed by atoms with E-state index in [4.69, 9.17) is 16.0 Å². The average Bonchev–Trinajstić information content (AvgIpc) is 2.93. The van der Waals surface area contributed by atoms with Crippen LogP contribution < -0.4 is 17.0 Å². The summed E-state index contributed by atoms with van der Waals surface area (Å²) in [7, 11) is 0. The van der Waals surface area contributed by atoms with Crippen molar-refractivity contribution in [1.82, 2.24) is 10.4 Å². The molecule has 5 heteroatoms. The van der Waals surface area contributed by atoms with Crippen molar-refractivity contribution in [3.8, 4) is 11.5 Å². The van der Waals surface area contributed by atoms with Crippen LogP contribution in [-0.4, -0.2) is 4.98 Å². The zero-order chi connectivity index (χ0) is 13.9. The Hall–Kier alpha value is -2.79. The highest BCUT2D eigenvalue weighted by atomic mass is 16.3. The minimum atomic E-state index is 0.594. The van der Waals surface area contributed by atoms with Crippen LogP contribution in [0.2, 0.25) is 0 Å². The van der Waals surface area contributed by atoms with Crippen molar-refractivity contribution in [2.75, 3.05) is 0 Å². The first-order valence-corrected chi connectivity index (χ1v) is 6.16. The second kappa shape index (κ2) is 5.07. The van der Waals surface area contributed by atoms with Crippen molar-refractivity contribution in [1.29, 1.82) is 0 Å². The van der Waals surface area contributed by atoms with Crippen molar-refractivity contribution in [3.05, 3.63) is 60.3 Å². The highest BCUT2D eigenvalue weighted by Crippen LogP contribution is 2.25. The summed E-state index contributed by atoms with van der Waals surface area (Å²) in [6, 6.07) is 15.3. The molecule has 0 amide bonds. The molecule has 1 aromatic heterocycles. The van der Waals surface area contributed by atoms with E-state index in [1.807, 2.05) is 48.5 Å². The number of hydrogen-bond acceptors (Lipinski definition) is 5. The number of fused-ring (bicyclic) bond motifs is 1. The van der Waals surface area contributed by atoms with Crippen LogP contribution in [0.3, 0.4) is 0 Å². The van der Waals surface area contributed by atoms with E-state index in [1.54, 1.807) is 0 Å². The van der Waals surface area contributed by atoms with Gasteiger partial charge in [-0.1, -0.05) is 24.3 Å². The normalized spacial score (nSPS) is 11.8. The fourth-order valence-electron chi connectivity index (χ4n) is 2.02. The molecule has 100 valence electrons. The van der Waals surface area contributed by atoms with Crippen LogP contribution in [0.1, 0.15) is 5.56 Å². The standard InChI is InChI=1S/C15H14N4O/c16-9-13(19-17)10-5-7-11(8-6-10)15-18-12-3-1-2-4-14(12)20-15/h1-9,19H,16-17H2/b13-9-. The van der Waals surface area contributed by atoms with E-state index >= 15 is 0 Å². The Kier molecular flexibility index (Phi) is 3.10. The maximum Gasteiger partial charge on any atom is 0.227 e. The molecule has 0 spiro atoms. The summed E-state index contributed by atoms with van der Waals surface area (Å²) in [5, 5.41) is 0. The minimum Gasteiger partial charge on any atom is -0.436 e. The fraction of sp³-hybridized carbons (Fsp3) is 0. The minimum absolute atomic E-state index is 0.594. The fourth-order valence-corrected chi connectivity index (χ4v) is 2.02. The van der Waals surface area contributed by atoms with Gasteiger partial charge in [-0.3, -0.25) is 5.84 Å². The van der Waals surface area contributed by atoms with Crippen LogP contribution in [0.4, 0.5) is 0 Å². The number of para-hydroxylation sites is 2. The van der Waals surface area contributed by atoms with Gasteiger partial charge in [0.05, 0.1) is 5.70 Å². The first-order chi connectivity index (χ1) is 9.81. The summed E-state index contributed by atoms with van der Waals surface area (Å²) in [6.07, 6.45) is 1.43. The van der Waals surface area contributed by atoms with Crippen molar-refractivity contribution in [2.45, 2.75) is 0 Å². The number of nitrogens with one attached hydrogen (secondary N) is 1. The predicted octanol–water partition coefficient (Wildman–Crippen LogP) is 2.22. The molecule has 20 heavy (non-hydrogen) atoms. The molecule has 0 saturated heterocycles. The molecule has 0 aliphatic heterocycles. The smallest absolute Gasteiger partial charge is 0.227 e. The van der Waals surface area contributed by atoms with Gasteiger partial charge in [0, 0.05) is 17.3 Å². The van der Waals surface area contributed by atoms with Gasteiger partial charge in [0.25, 0.3) is 0 Å². The zero-order valence-electron chi connectivity index (χ0n) is 10.7. The molecule has 0 saturated carbocycles. The summed E-state index contributed by atoms with van der Waals surface area (Å²) in [5.41, 5.74) is 12.1. The second-order valence-corrected chi connectivity index (χ2v) is 4.29. The van der Waals surface area contributed by atoms with Gasteiger partial charge in [0.15, 0.2) is 5.58 Å². The van der Waals surface area contributed by atoms with Crippen LogP contribution in [0.5, 0.6) is 0 Å². The number of nitrogens with two attached hydrogens (primary N) is 2. The Labute approximate surface area is 115 Å². The van der Waals surface area contributed by atoms with Gasteiger partial charge in [-0.05, 0) is 24.3 Å². The largest absolute Gasteiger partial charge is 0.436 e. The lowest BCUT2D eigenvalue weighted by Gasteiger charge is -2.05. The summed E-state index contributed by atoms with van der Waals surface area (Å²) >= 11 is 0. The van der Waals surface area contributed by atoms with Crippen molar-refractivity contribution < 1.29 is 4.42 Å². The molecule has 1 heterocycles. The summed E-state index contributed by atoms with van der Waals surface area (Å²) in [4.78, 5) is 4.45. The predicted molar refractivity (Wildman–Crippen MR) is 78.9 cm³/mol. The van der Waals surface area contributed by atoms with Gasteiger partial charge in [-0.25, -0.2) is 4.98 Å². The molecule has 5 nitrogen and oxygen atoms in total. The Balaban J connectivity index is 1.98. The third kappa shape index (κ3) is 2.10. The van der Waals surface area contributed by atoms with Gasteiger partial charge < -0.3 is 15.6 Å². The van der Waals surface area contributed by atoms with Gasteiger partial charge in [0.1, 0.15) is 5.52 Å². The molecule has 0 unspecified atom stereocenters. The number of nitrogens with zero attached hydrogens (tertiary/aromatic N) is 1. The number of hydrazine groups is 1. The topological polar surface area (TPSA) is 90.1 Å². The lowest BCUT2D eigenvalue weighted by atomic mass is 10.1. The average molecular weight is 266 g/mol. The molecular formula is C15H14N4O. The van der Waals surface area contributed by atoms with Crippen LogP contribution in [0.25, 0.3) is 28.3 Å². The van der Waals surface area contributed by atoms with Gasteiger partial charge in [-0.15, -0.1) is 0 Å². The quantitative estimate of drug-likeness (QED) is 0.499. The Bertz CT molecular complexity index is 726. The number of oxazole rings is 1. The van der Waals surface area contributed by atoms with Crippen molar-refractivity contribution in [2.24, 2.45) is 11.6 Å². The SMILES string of the molecule is N/C=C(\NN)c1ccc(-c2nc3ccccc3o2)cc1. The number of hydrogen-bond donors (Lipinski definition) is 3. The monoisotopic (exact) mass is 266 g/mol. The van der Waals surface area contributed by atoms with Crippen molar-refractivity contribution >= 4 is 16.8 Å². The third-order valence-corrected chi connectivity index (χ3v) is 3.06. The summed E-state index contributed by atoms with van der Waals surface area (Å²) < 4.78 is 5.72. The molecule has 0 atom stereocenters. The lowest BCUT2D eigenvalue weighted by molar-refractivity contribution is 0.620. The van der Waals surface area contributed by atoms with Crippen LogP contribution in [0, 0.1) is 0 Å². The van der Waals surface area contributed by atoms with Gasteiger partial charge in [0.2, 0.25) is 5.89 Å². The van der Waals surface area contributed by atoms with E-state index in [0.29, 0.717) is 11.6 Å². The van der Waals surface area contributed by atoms with E-state index in [-0.39, 0.29) is 0 Å². The van der Waals surface area contributed by atoms with E-state index in [2.05, 4.69) is 10.4 Å². The van der Waals surface area contributed by atoms with Crippen LogP contribution >= 0.6 is 0 Å². The molecule has 0 aliphatic carbocycles. The lowest BCUT2D eigenvalue weighted by Crippen LogP contribution is -2.20. The zero-order valence-corrected chi connectivity index (χ0v) is 10.7. The molecule has 0 radical (unpaired) electrons. The number of benzene rings is 2. The summed E-state index contributed by atoms with van der Waals surface area (Å²) in [6.45, 7) is 0. The Morgan fingerprint density at radius 1 is 1.10 bits per heavy atom. The van der Waals surface area contributed by atoms with E-state index in [0.717, 1.165) is 22.2 Å². The molecule has 5 N–H and O–H groups in total. The molecule has 2 aromatic carbocycles. The first kappa shape index (κ1) is 12.3. The first-order valence-electron chi connectivity index (χ1n) is 6.16. The molecular weight excluding hydrogens is 252 g/mol. The van der Waals surface area contributed by atoms with Gasteiger partial charge >= 0.3 is 0 Å². The van der Waals surface area contributed by atoms with E-state index in [9.17, 15) is 0 Å². The third-order valence-electron chi connectivity index (χ3n) is 3.06. The molecule has 3 rings (SSSR count). The maximum absolute atomic E-state index is 5.72. The van der Waals surface area contributed by atoms with Crippen molar-refractivity contribution in [3.63, 3.8) is 0 Å². The molecule has 0 bridgehead atoms. The van der Waals surface area contributed by atoms with E-state index < -0.39 is 0 Å². The molecule has 0 fully saturated rings. The Morgan fingerprint density at radius 3 is 2.50 bits per heavy atom. The van der Waals surface area contributed by atoms with Crippen LogP contribution in [0.15, 0.2) is 59.1 Å². The maximum atomic E-state index is 5.72. The second-order valence-electron chi connectivity index (χ2n) is 4.29. The van der Waals surface area contributed by atoms with Crippen LogP contribution in [-0.2, 0) is 0 Å².